The Hall–Kier alpha value is -3.14. The maximum absolute atomic E-state index is 13.2. The van der Waals surface area contributed by atoms with Crippen LogP contribution in [-0.4, -0.2) is 32.9 Å². The van der Waals surface area contributed by atoms with E-state index in [0.717, 1.165) is 35.0 Å². The van der Waals surface area contributed by atoms with Crippen molar-refractivity contribution in [2.75, 3.05) is 7.05 Å². The molecule has 1 aliphatic heterocycles. The number of nitrogens with zero attached hydrogens (tertiary/aromatic N) is 4. The number of hydrogen-bond acceptors (Lipinski definition) is 5. The summed E-state index contributed by atoms with van der Waals surface area (Å²) in [5, 5.41) is 7.58. The smallest absolute Gasteiger partial charge is 0.300 e. The molecule has 1 fully saturated rings. The number of halogens is 3. The van der Waals surface area contributed by atoms with Crippen LogP contribution in [0.2, 0.25) is 0 Å². The second-order valence-corrected chi connectivity index (χ2v) is 7.29. The maximum atomic E-state index is 13.2. The Labute approximate surface area is 167 Å². The van der Waals surface area contributed by atoms with Crippen LogP contribution in [-0.2, 0) is 12.7 Å². The minimum atomic E-state index is -4.45. The van der Waals surface area contributed by atoms with Crippen LogP contribution < -0.4 is 5.32 Å². The van der Waals surface area contributed by atoms with Crippen LogP contribution in [0.15, 0.2) is 52.8 Å². The third-order valence-electron chi connectivity index (χ3n) is 4.30. The third kappa shape index (κ3) is 4.02. The fourth-order valence-corrected chi connectivity index (χ4v) is 3.80. The van der Waals surface area contributed by atoms with Gasteiger partial charge in [0.15, 0.2) is 0 Å². The van der Waals surface area contributed by atoms with Crippen LogP contribution in [0.3, 0.4) is 0 Å². The molecule has 148 valence electrons. The molecule has 10 heteroatoms. The van der Waals surface area contributed by atoms with Crippen molar-refractivity contribution in [3.63, 3.8) is 0 Å². The number of benzene rings is 1. The van der Waals surface area contributed by atoms with Gasteiger partial charge in [0, 0.05) is 36.6 Å². The number of thioether (sulfide) groups is 1. The summed E-state index contributed by atoms with van der Waals surface area (Å²) in [5.74, 6) is 0.507. The van der Waals surface area contributed by atoms with Gasteiger partial charge in [-0.25, -0.2) is 0 Å². The van der Waals surface area contributed by atoms with Crippen LogP contribution >= 0.6 is 11.8 Å². The SMILES string of the molecule is CN=C1NC(=O)S/C1=C\c1ccc2nn(Cc3cnccc3C(F)(F)F)cc2c1. The molecule has 1 aromatic carbocycles. The lowest BCUT2D eigenvalue weighted by atomic mass is 10.1. The monoisotopic (exact) mass is 417 g/mol. The number of pyridine rings is 1. The van der Waals surface area contributed by atoms with Crippen LogP contribution in [0, 0.1) is 0 Å². The topological polar surface area (TPSA) is 72.2 Å². The van der Waals surface area contributed by atoms with Gasteiger partial charge in [0.2, 0.25) is 0 Å². The van der Waals surface area contributed by atoms with Gasteiger partial charge in [-0.3, -0.25) is 19.5 Å². The molecule has 3 heterocycles. The molecule has 0 bridgehead atoms. The molecular weight excluding hydrogens is 403 g/mol. The predicted octanol–water partition coefficient (Wildman–Crippen LogP) is 4.32. The minimum Gasteiger partial charge on any atom is -0.300 e. The summed E-state index contributed by atoms with van der Waals surface area (Å²) in [5.41, 5.74) is 0.807. The Morgan fingerprint density at radius 1 is 1.31 bits per heavy atom. The van der Waals surface area contributed by atoms with Gasteiger partial charge in [-0.05, 0) is 41.6 Å². The summed E-state index contributed by atoms with van der Waals surface area (Å²) in [6, 6.07) is 6.43. The Kier molecular flexibility index (Phi) is 4.87. The zero-order valence-electron chi connectivity index (χ0n) is 15.1. The average molecular weight is 417 g/mol. The van der Waals surface area contributed by atoms with Gasteiger partial charge in [0.25, 0.3) is 5.24 Å². The fraction of sp³-hybridized carbons (Fsp3) is 0.158. The number of aliphatic imine (C=N–C) groups is 1. The van der Waals surface area contributed by atoms with Gasteiger partial charge in [0.05, 0.1) is 22.5 Å². The summed E-state index contributed by atoms with van der Waals surface area (Å²) in [7, 11) is 1.59. The molecule has 1 saturated heterocycles. The molecule has 29 heavy (non-hydrogen) atoms. The molecule has 1 N–H and O–H groups in total. The van der Waals surface area contributed by atoms with Crippen molar-refractivity contribution < 1.29 is 18.0 Å². The van der Waals surface area contributed by atoms with Crippen molar-refractivity contribution >= 4 is 39.8 Å². The highest BCUT2D eigenvalue weighted by Gasteiger charge is 2.33. The molecule has 0 radical (unpaired) electrons. The number of carbonyl (C=O) groups excluding carboxylic acids is 1. The quantitative estimate of drug-likeness (QED) is 0.689. The number of aromatic nitrogens is 3. The molecule has 0 aliphatic carbocycles. The van der Waals surface area contributed by atoms with E-state index >= 15 is 0 Å². The van der Waals surface area contributed by atoms with Crippen molar-refractivity contribution in [3.8, 4) is 0 Å². The summed E-state index contributed by atoms with van der Waals surface area (Å²) in [6.45, 7) is -0.0469. The van der Waals surface area contributed by atoms with E-state index in [-0.39, 0.29) is 17.3 Å². The van der Waals surface area contributed by atoms with E-state index in [0.29, 0.717) is 16.3 Å². The zero-order valence-corrected chi connectivity index (χ0v) is 15.9. The van der Waals surface area contributed by atoms with E-state index in [2.05, 4.69) is 20.4 Å². The van der Waals surface area contributed by atoms with Gasteiger partial charge in [0.1, 0.15) is 5.84 Å². The van der Waals surface area contributed by atoms with Crippen molar-refractivity contribution in [3.05, 3.63) is 64.5 Å². The second-order valence-electron chi connectivity index (χ2n) is 6.27. The van der Waals surface area contributed by atoms with Crippen molar-refractivity contribution in [1.82, 2.24) is 20.1 Å². The van der Waals surface area contributed by atoms with Crippen LogP contribution in [0.1, 0.15) is 16.7 Å². The van der Waals surface area contributed by atoms with Crippen LogP contribution in [0.5, 0.6) is 0 Å². The number of amidine groups is 1. The highest BCUT2D eigenvalue weighted by Crippen LogP contribution is 2.32. The first-order valence-corrected chi connectivity index (χ1v) is 9.30. The molecule has 0 unspecified atom stereocenters. The number of amides is 1. The number of carbonyl (C=O) groups is 1. The van der Waals surface area contributed by atoms with Gasteiger partial charge >= 0.3 is 6.18 Å². The predicted molar refractivity (Wildman–Crippen MR) is 106 cm³/mol. The molecule has 0 saturated carbocycles. The normalized spacial score (nSPS) is 17.4. The first kappa shape index (κ1) is 19.2. The van der Waals surface area contributed by atoms with E-state index in [1.54, 1.807) is 19.3 Å². The van der Waals surface area contributed by atoms with Crippen molar-refractivity contribution in [2.45, 2.75) is 12.7 Å². The first-order chi connectivity index (χ1) is 13.8. The molecule has 3 aromatic rings. The standard InChI is InChI=1S/C19H14F3N5OS/c1-23-17-16(29-18(28)25-17)7-11-2-3-15-12(6-11)9-27(26-15)10-13-8-24-5-4-14(13)19(20,21)22/h2-9H,10H2,1H3,(H,23,25,28)/b16-7-. The number of alkyl halides is 3. The van der Waals surface area contributed by atoms with E-state index in [4.69, 9.17) is 0 Å². The molecule has 0 atom stereocenters. The molecule has 2 aromatic heterocycles. The van der Waals surface area contributed by atoms with Crippen molar-refractivity contribution in [1.29, 1.82) is 0 Å². The Balaban J connectivity index is 1.64. The lowest BCUT2D eigenvalue weighted by Gasteiger charge is -2.11. The molecule has 1 amide bonds. The summed E-state index contributed by atoms with van der Waals surface area (Å²) in [6.07, 6.45) is 1.39. The fourth-order valence-electron chi connectivity index (χ4n) is 3.02. The molecule has 4 rings (SSSR count). The summed E-state index contributed by atoms with van der Waals surface area (Å²) < 4.78 is 41.0. The van der Waals surface area contributed by atoms with E-state index in [1.807, 2.05) is 18.2 Å². The molecular formula is C19H14F3N5OS. The number of fused-ring (bicyclic) bond motifs is 1. The van der Waals surface area contributed by atoms with Crippen LogP contribution in [0.4, 0.5) is 18.0 Å². The number of rotatable bonds is 3. The Bertz CT molecular complexity index is 1170. The van der Waals surface area contributed by atoms with Gasteiger partial charge in [-0.1, -0.05) is 6.07 Å². The lowest BCUT2D eigenvalue weighted by molar-refractivity contribution is -0.138. The zero-order chi connectivity index (χ0) is 20.6. The van der Waals surface area contributed by atoms with Gasteiger partial charge in [-0.15, -0.1) is 0 Å². The van der Waals surface area contributed by atoms with Gasteiger partial charge in [-0.2, -0.15) is 18.3 Å². The first-order valence-electron chi connectivity index (χ1n) is 8.48. The molecule has 6 nitrogen and oxygen atoms in total. The van der Waals surface area contributed by atoms with Gasteiger partial charge < -0.3 is 5.32 Å². The van der Waals surface area contributed by atoms with E-state index in [1.165, 1.54) is 10.9 Å². The van der Waals surface area contributed by atoms with E-state index in [9.17, 15) is 18.0 Å². The summed E-state index contributed by atoms with van der Waals surface area (Å²) in [4.78, 5) is 20.1. The maximum Gasteiger partial charge on any atom is 0.416 e. The average Bonchev–Trinajstić information content (AvgIpc) is 3.23. The largest absolute Gasteiger partial charge is 0.416 e. The summed E-state index contributed by atoms with van der Waals surface area (Å²) >= 11 is 1.06. The number of hydrogen-bond donors (Lipinski definition) is 1. The Morgan fingerprint density at radius 2 is 2.14 bits per heavy atom. The Morgan fingerprint density at radius 3 is 2.90 bits per heavy atom. The van der Waals surface area contributed by atoms with Crippen LogP contribution in [0.25, 0.3) is 17.0 Å². The number of nitrogens with one attached hydrogen (secondary N) is 1. The second kappa shape index (κ2) is 7.36. The molecule has 0 spiro atoms. The minimum absolute atomic E-state index is 0.0469. The van der Waals surface area contributed by atoms with E-state index < -0.39 is 11.7 Å². The highest BCUT2D eigenvalue weighted by molar-refractivity contribution is 8.18. The lowest BCUT2D eigenvalue weighted by Crippen LogP contribution is -2.18. The highest BCUT2D eigenvalue weighted by atomic mass is 32.2. The van der Waals surface area contributed by atoms with Crippen molar-refractivity contribution in [2.24, 2.45) is 4.99 Å². The third-order valence-corrected chi connectivity index (χ3v) is 5.11. The molecule has 1 aliphatic rings.